The normalized spacial score (nSPS) is 16.9. The first kappa shape index (κ1) is 16.2. The van der Waals surface area contributed by atoms with E-state index < -0.39 is 0 Å². The highest BCUT2D eigenvalue weighted by Gasteiger charge is 2.30. The average Bonchev–Trinajstić information content (AvgIpc) is 2.82. The van der Waals surface area contributed by atoms with Gasteiger partial charge < -0.3 is 5.32 Å². The minimum Gasteiger partial charge on any atom is -0.310 e. The van der Waals surface area contributed by atoms with Gasteiger partial charge in [0.2, 0.25) is 5.91 Å². The number of benzene rings is 2. The van der Waals surface area contributed by atoms with Gasteiger partial charge in [-0.2, -0.15) is 5.10 Å². The lowest BCUT2D eigenvalue weighted by Crippen LogP contribution is -2.16. The third kappa shape index (κ3) is 2.94. The summed E-state index contributed by atoms with van der Waals surface area (Å²) in [6.45, 7) is 1.97. The van der Waals surface area contributed by atoms with Crippen molar-refractivity contribution in [1.29, 1.82) is 0 Å². The molecule has 6 heteroatoms. The van der Waals surface area contributed by atoms with Crippen molar-refractivity contribution in [3.05, 3.63) is 76.4 Å². The molecule has 0 saturated heterocycles. The lowest BCUT2D eigenvalue weighted by molar-refractivity contribution is -0.113. The molecule has 1 aliphatic rings. The molecule has 2 heterocycles. The molecule has 2 aromatic carbocycles. The first-order valence-electron chi connectivity index (χ1n) is 7.96. The standard InChI is InChI=1S/C19H16ClN3OS/c1-12-17-18(13-7-3-2-4-8-13)25-11-16(24)21-19(17)23(22-12)15-10-6-5-9-14(15)20/h2-10,18H,11H2,1H3,(H,21,24)/t18-/m1/s1. The van der Waals surface area contributed by atoms with Crippen LogP contribution in [0.5, 0.6) is 0 Å². The topological polar surface area (TPSA) is 46.9 Å². The van der Waals surface area contributed by atoms with E-state index in [1.165, 1.54) is 0 Å². The number of hydrogen-bond donors (Lipinski definition) is 1. The van der Waals surface area contributed by atoms with Crippen LogP contribution in [0.2, 0.25) is 5.02 Å². The van der Waals surface area contributed by atoms with Gasteiger partial charge in [0.05, 0.1) is 27.4 Å². The summed E-state index contributed by atoms with van der Waals surface area (Å²) in [5, 5.41) is 8.34. The van der Waals surface area contributed by atoms with Gasteiger partial charge >= 0.3 is 0 Å². The minimum atomic E-state index is -0.0297. The number of amides is 1. The molecule has 4 rings (SSSR count). The van der Waals surface area contributed by atoms with E-state index in [1.54, 1.807) is 16.4 Å². The Morgan fingerprint density at radius 3 is 2.64 bits per heavy atom. The fourth-order valence-corrected chi connectivity index (χ4v) is 4.48. The Morgan fingerprint density at radius 2 is 1.88 bits per heavy atom. The third-order valence-corrected chi connectivity index (χ3v) is 5.78. The predicted octanol–water partition coefficient (Wildman–Crippen LogP) is 4.61. The molecule has 0 spiro atoms. The fourth-order valence-electron chi connectivity index (χ4n) is 3.07. The largest absolute Gasteiger partial charge is 0.310 e. The van der Waals surface area contributed by atoms with Crippen LogP contribution in [0.15, 0.2) is 54.6 Å². The highest BCUT2D eigenvalue weighted by Crippen LogP contribution is 2.44. The molecule has 3 aromatic rings. The lowest BCUT2D eigenvalue weighted by Gasteiger charge is -2.15. The minimum absolute atomic E-state index is 0.0297. The molecule has 0 saturated carbocycles. The maximum atomic E-state index is 12.3. The molecule has 1 amide bonds. The van der Waals surface area contributed by atoms with E-state index in [4.69, 9.17) is 11.6 Å². The second kappa shape index (κ2) is 6.58. The number of carbonyl (C=O) groups is 1. The number of rotatable bonds is 2. The van der Waals surface area contributed by atoms with E-state index in [2.05, 4.69) is 22.5 Å². The number of thioether (sulfide) groups is 1. The van der Waals surface area contributed by atoms with Crippen molar-refractivity contribution in [2.75, 3.05) is 11.1 Å². The van der Waals surface area contributed by atoms with Gasteiger partial charge in [-0.05, 0) is 24.6 Å². The van der Waals surface area contributed by atoms with Crippen molar-refractivity contribution < 1.29 is 4.79 Å². The summed E-state index contributed by atoms with van der Waals surface area (Å²) < 4.78 is 1.74. The summed E-state index contributed by atoms with van der Waals surface area (Å²) in [4.78, 5) is 12.3. The number of anilines is 1. The van der Waals surface area contributed by atoms with Crippen molar-refractivity contribution in [2.24, 2.45) is 0 Å². The zero-order valence-electron chi connectivity index (χ0n) is 13.6. The van der Waals surface area contributed by atoms with Gasteiger partial charge in [-0.1, -0.05) is 54.1 Å². The van der Waals surface area contributed by atoms with Gasteiger partial charge in [-0.25, -0.2) is 4.68 Å². The molecule has 4 nitrogen and oxygen atoms in total. The number of carbonyl (C=O) groups excluding carboxylic acids is 1. The maximum Gasteiger partial charge on any atom is 0.235 e. The highest BCUT2D eigenvalue weighted by molar-refractivity contribution is 8.00. The number of aryl methyl sites for hydroxylation is 1. The Labute approximate surface area is 155 Å². The van der Waals surface area contributed by atoms with Gasteiger partial charge in [-0.15, -0.1) is 11.8 Å². The van der Waals surface area contributed by atoms with Gasteiger partial charge in [0.25, 0.3) is 0 Å². The molecule has 126 valence electrons. The number of para-hydroxylation sites is 1. The molecule has 25 heavy (non-hydrogen) atoms. The summed E-state index contributed by atoms with van der Waals surface area (Å²) in [5.74, 6) is 1.07. The van der Waals surface area contributed by atoms with Crippen LogP contribution in [0.1, 0.15) is 22.1 Å². The van der Waals surface area contributed by atoms with Crippen molar-refractivity contribution in [2.45, 2.75) is 12.2 Å². The highest BCUT2D eigenvalue weighted by atomic mass is 35.5. The molecular weight excluding hydrogens is 354 g/mol. The van der Waals surface area contributed by atoms with Crippen LogP contribution in [0.25, 0.3) is 5.69 Å². The SMILES string of the molecule is Cc1nn(-c2ccccc2Cl)c2c1[C@@H](c1ccccc1)SCC(=O)N2. The van der Waals surface area contributed by atoms with Crippen molar-refractivity contribution in [3.8, 4) is 5.69 Å². The Kier molecular flexibility index (Phi) is 4.27. The van der Waals surface area contributed by atoms with Crippen LogP contribution in [0.3, 0.4) is 0 Å². The zero-order chi connectivity index (χ0) is 17.4. The Morgan fingerprint density at radius 1 is 1.16 bits per heavy atom. The molecule has 0 fully saturated rings. The van der Waals surface area contributed by atoms with Crippen LogP contribution < -0.4 is 5.32 Å². The number of halogens is 1. The summed E-state index contributed by atoms with van der Waals surface area (Å²) in [6.07, 6.45) is 0. The smallest absolute Gasteiger partial charge is 0.235 e. The molecule has 1 aromatic heterocycles. The molecular formula is C19H16ClN3OS. The molecule has 0 bridgehead atoms. The van der Waals surface area contributed by atoms with Crippen molar-refractivity contribution in [1.82, 2.24) is 9.78 Å². The number of aromatic nitrogens is 2. The average molecular weight is 370 g/mol. The van der Waals surface area contributed by atoms with E-state index in [-0.39, 0.29) is 11.2 Å². The van der Waals surface area contributed by atoms with Crippen LogP contribution >= 0.6 is 23.4 Å². The third-order valence-electron chi connectivity index (χ3n) is 4.19. The predicted molar refractivity (Wildman–Crippen MR) is 103 cm³/mol. The van der Waals surface area contributed by atoms with Gasteiger partial charge in [0, 0.05) is 5.56 Å². The number of hydrogen-bond acceptors (Lipinski definition) is 3. The lowest BCUT2D eigenvalue weighted by atomic mass is 10.0. The molecule has 0 radical (unpaired) electrons. The molecule has 1 atom stereocenters. The van der Waals surface area contributed by atoms with Crippen molar-refractivity contribution >= 4 is 35.1 Å². The summed E-state index contributed by atoms with van der Waals surface area (Å²) in [5.41, 5.74) is 3.83. The van der Waals surface area contributed by atoms with Crippen LogP contribution in [0.4, 0.5) is 5.82 Å². The van der Waals surface area contributed by atoms with Crippen LogP contribution in [0, 0.1) is 6.92 Å². The molecule has 0 aliphatic carbocycles. The zero-order valence-corrected chi connectivity index (χ0v) is 15.1. The summed E-state index contributed by atoms with van der Waals surface area (Å²) in [6, 6.07) is 17.7. The van der Waals surface area contributed by atoms with E-state index in [1.807, 2.05) is 49.4 Å². The van der Waals surface area contributed by atoms with E-state index in [0.29, 0.717) is 16.6 Å². The molecule has 0 unspecified atom stereocenters. The first-order chi connectivity index (χ1) is 12.1. The Balaban J connectivity index is 1.93. The number of nitrogens with zero attached hydrogens (tertiary/aromatic N) is 2. The monoisotopic (exact) mass is 369 g/mol. The summed E-state index contributed by atoms with van der Waals surface area (Å²) >= 11 is 7.98. The van der Waals surface area contributed by atoms with E-state index in [0.717, 1.165) is 22.5 Å². The Hall–Kier alpha value is -2.24. The summed E-state index contributed by atoms with van der Waals surface area (Å²) in [7, 11) is 0. The fraction of sp³-hybridized carbons (Fsp3) is 0.158. The first-order valence-corrected chi connectivity index (χ1v) is 9.38. The quantitative estimate of drug-likeness (QED) is 0.717. The van der Waals surface area contributed by atoms with Gasteiger partial charge in [0.1, 0.15) is 5.82 Å². The second-order valence-corrected chi connectivity index (χ2v) is 7.36. The Bertz CT molecular complexity index is 939. The molecule has 1 N–H and O–H groups in total. The van der Waals surface area contributed by atoms with Crippen LogP contribution in [-0.2, 0) is 4.79 Å². The molecule has 1 aliphatic heterocycles. The van der Waals surface area contributed by atoms with Gasteiger partial charge in [-0.3, -0.25) is 4.79 Å². The number of nitrogens with one attached hydrogen (secondary N) is 1. The van der Waals surface area contributed by atoms with Crippen molar-refractivity contribution in [3.63, 3.8) is 0 Å². The number of fused-ring (bicyclic) bond motifs is 1. The van der Waals surface area contributed by atoms with Gasteiger partial charge in [0.15, 0.2) is 0 Å². The maximum absolute atomic E-state index is 12.3. The van der Waals surface area contributed by atoms with E-state index in [9.17, 15) is 4.79 Å². The van der Waals surface area contributed by atoms with Crippen LogP contribution in [-0.4, -0.2) is 21.4 Å². The van der Waals surface area contributed by atoms with E-state index >= 15 is 0 Å². The second-order valence-electron chi connectivity index (χ2n) is 5.86.